The molecule has 0 spiro atoms. The number of hydrogen-bond acceptors (Lipinski definition) is 4. The van der Waals surface area contributed by atoms with Crippen molar-refractivity contribution in [2.75, 3.05) is 0 Å². The predicted octanol–water partition coefficient (Wildman–Crippen LogP) is 3.82. The first kappa shape index (κ1) is 12.7. The van der Waals surface area contributed by atoms with Gasteiger partial charge in [0.25, 0.3) is 0 Å². The Hall–Kier alpha value is -1.71. The second kappa shape index (κ2) is 6.28. The van der Waals surface area contributed by atoms with Crippen molar-refractivity contribution in [3.05, 3.63) is 30.7 Å². The molecule has 4 nitrogen and oxygen atoms in total. The molecule has 0 aliphatic heterocycles. The van der Waals surface area contributed by atoms with Crippen LogP contribution in [0, 0.1) is 0 Å². The summed E-state index contributed by atoms with van der Waals surface area (Å²) in [5.74, 6) is 1.25. The summed E-state index contributed by atoms with van der Waals surface area (Å²) in [6.07, 6.45) is 11.2. The minimum absolute atomic E-state index is 0.422. The van der Waals surface area contributed by atoms with Crippen molar-refractivity contribution in [2.24, 2.45) is 0 Å². The number of aromatic nitrogens is 3. The van der Waals surface area contributed by atoms with Crippen molar-refractivity contribution in [1.29, 1.82) is 0 Å². The third-order valence-electron chi connectivity index (χ3n) is 2.97. The van der Waals surface area contributed by atoms with Crippen molar-refractivity contribution in [2.45, 2.75) is 45.4 Å². The summed E-state index contributed by atoms with van der Waals surface area (Å²) in [6.45, 7) is 4.38. The molecule has 0 amide bonds. The molecule has 0 aliphatic carbocycles. The van der Waals surface area contributed by atoms with Crippen molar-refractivity contribution >= 4 is 0 Å². The highest BCUT2D eigenvalue weighted by atomic mass is 16.3. The lowest BCUT2D eigenvalue weighted by atomic mass is 9.98. The van der Waals surface area contributed by atoms with E-state index in [1.165, 1.54) is 0 Å². The van der Waals surface area contributed by atoms with Gasteiger partial charge < -0.3 is 4.42 Å². The van der Waals surface area contributed by atoms with Crippen LogP contribution in [-0.2, 0) is 0 Å². The van der Waals surface area contributed by atoms with E-state index < -0.39 is 0 Å². The highest BCUT2D eigenvalue weighted by Crippen LogP contribution is 2.27. The molecule has 0 aliphatic rings. The average molecular weight is 245 g/mol. The number of hydrogen-bond donors (Lipinski definition) is 0. The van der Waals surface area contributed by atoms with Crippen LogP contribution in [0.5, 0.6) is 0 Å². The van der Waals surface area contributed by atoms with Gasteiger partial charge in [0, 0.05) is 18.3 Å². The molecule has 2 aromatic heterocycles. The van der Waals surface area contributed by atoms with Gasteiger partial charge in [-0.25, -0.2) is 4.98 Å². The summed E-state index contributed by atoms with van der Waals surface area (Å²) in [7, 11) is 0. The summed E-state index contributed by atoms with van der Waals surface area (Å²) in [5.41, 5.74) is 1.54. The molecule has 18 heavy (non-hydrogen) atoms. The Labute approximate surface area is 107 Å². The molecule has 2 rings (SSSR count). The zero-order chi connectivity index (χ0) is 12.8. The summed E-state index contributed by atoms with van der Waals surface area (Å²) >= 11 is 0. The second-order valence-corrected chi connectivity index (χ2v) is 4.44. The summed E-state index contributed by atoms with van der Waals surface area (Å²) in [5, 5.41) is 0. The Morgan fingerprint density at radius 2 is 1.89 bits per heavy atom. The maximum absolute atomic E-state index is 5.61. The van der Waals surface area contributed by atoms with Crippen LogP contribution in [0.3, 0.4) is 0 Å². The van der Waals surface area contributed by atoms with Crippen LogP contribution in [0.4, 0.5) is 0 Å². The third-order valence-corrected chi connectivity index (χ3v) is 2.97. The Morgan fingerprint density at radius 1 is 1.11 bits per heavy atom. The standard InChI is InChI=1S/C14H19N3O/c1-3-5-11(6-4-2)14-17-13(10-18-14)12-9-15-7-8-16-12/h7-11H,3-6H2,1-2H3. The molecule has 0 aromatic carbocycles. The van der Waals surface area contributed by atoms with E-state index in [2.05, 4.69) is 28.8 Å². The van der Waals surface area contributed by atoms with Crippen LogP contribution < -0.4 is 0 Å². The van der Waals surface area contributed by atoms with E-state index >= 15 is 0 Å². The van der Waals surface area contributed by atoms with E-state index in [1.54, 1.807) is 24.9 Å². The fourth-order valence-corrected chi connectivity index (χ4v) is 2.11. The molecule has 0 N–H and O–H groups in total. The largest absolute Gasteiger partial charge is 0.448 e. The minimum atomic E-state index is 0.422. The number of nitrogens with zero attached hydrogens (tertiary/aromatic N) is 3. The van der Waals surface area contributed by atoms with E-state index in [1.807, 2.05) is 0 Å². The minimum Gasteiger partial charge on any atom is -0.448 e. The normalized spacial score (nSPS) is 11.1. The molecule has 0 bridgehead atoms. The van der Waals surface area contributed by atoms with Gasteiger partial charge in [0.1, 0.15) is 17.7 Å². The molecule has 4 heteroatoms. The molecule has 0 unspecified atom stereocenters. The van der Waals surface area contributed by atoms with Crippen molar-refractivity contribution in [3.8, 4) is 11.4 Å². The SMILES string of the molecule is CCCC(CCC)c1nc(-c2cnccn2)co1. The second-order valence-electron chi connectivity index (χ2n) is 4.44. The van der Waals surface area contributed by atoms with E-state index in [4.69, 9.17) is 4.42 Å². The Morgan fingerprint density at radius 3 is 2.50 bits per heavy atom. The van der Waals surface area contributed by atoms with E-state index in [-0.39, 0.29) is 0 Å². The zero-order valence-corrected chi connectivity index (χ0v) is 11.0. The van der Waals surface area contributed by atoms with Gasteiger partial charge in [-0.05, 0) is 12.8 Å². The van der Waals surface area contributed by atoms with Gasteiger partial charge in [-0.1, -0.05) is 26.7 Å². The third kappa shape index (κ3) is 2.94. The van der Waals surface area contributed by atoms with Crippen LogP contribution in [0.15, 0.2) is 29.3 Å². The maximum Gasteiger partial charge on any atom is 0.197 e. The maximum atomic E-state index is 5.61. The molecular weight excluding hydrogens is 226 g/mol. The molecule has 2 aromatic rings. The molecule has 0 saturated heterocycles. The molecule has 96 valence electrons. The summed E-state index contributed by atoms with van der Waals surface area (Å²) in [4.78, 5) is 12.8. The summed E-state index contributed by atoms with van der Waals surface area (Å²) in [6, 6.07) is 0. The van der Waals surface area contributed by atoms with E-state index in [0.29, 0.717) is 5.92 Å². The quantitative estimate of drug-likeness (QED) is 0.776. The van der Waals surface area contributed by atoms with Crippen LogP contribution >= 0.6 is 0 Å². The van der Waals surface area contributed by atoms with Crippen LogP contribution in [-0.4, -0.2) is 15.0 Å². The van der Waals surface area contributed by atoms with Gasteiger partial charge in [-0.2, -0.15) is 0 Å². The van der Waals surface area contributed by atoms with Gasteiger partial charge in [-0.3, -0.25) is 9.97 Å². The first-order valence-electron chi connectivity index (χ1n) is 6.57. The van der Waals surface area contributed by atoms with Gasteiger partial charge in [0.05, 0.1) is 6.20 Å². The predicted molar refractivity (Wildman–Crippen MR) is 70.1 cm³/mol. The van der Waals surface area contributed by atoms with E-state index in [9.17, 15) is 0 Å². The number of oxazole rings is 1. The molecule has 2 heterocycles. The van der Waals surface area contributed by atoms with Crippen molar-refractivity contribution in [3.63, 3.8) is 0 Å². The first-order valence-corrected chi connectivity index (χ1v) is 6.57. The molecular formula is C14H19N3O. The lowest BCUT2D eigenvalue weighted by Crippen LogP contribution is -1.98. The van der Waals surface area contributed by atoms with Crippen molar-refractivity contribution < 1.29 is 4.42 Å². The van der Waals surface area contributed by atoms with Crippen LogP contribution in [0.2, 0.25) is 0 Å². The molecule has 0 atom stereocenters. The lowest BCUT2D eigenvalue weighted by Gasteiger charge is -2.09. The lowest BCUT2D eigenvalue weighted by molar-refractivity contribution is 0.410. The van der Waals surface area contributed by atoms with Gasteiger partial charge in [-0.15, -0.1) is 0 Å². The smallest absolute Gasteiger partial charge is 0.197 e. The Balaban J connectivity index is 2.18. The Kier molecular flexibility index (Phi) is 4.45. The topological polar surface area (TPSA) is 51.8 Å². The first-order chi connectivity index (χ1) is 8.85. The average Bonchev–Trinajstić information content (AvgIpc) is 2.89. The van der Waals surface area contributed by atoms with E-state index in [0.717, 1.165) is 43.0 Å². The van der Waals surface area contributed by atoms with Crippen LogP contribution in [0.25, 0.3) is 11.4 Å². The summed E-state index contributed by atoms with van der Waals surface area (Å²) < 4.78 is 5.61. The van der Waals surface area contributed by atoms with Crippen molar-refractivity contribution in [1.82, 2.24) is 15.0 Å². The highest BCUT2D eigenvalue weighted by Gasteiger charge is 2.16. The zero-order valence-electron chi connectivity index (χ0n) is 11.0. The van der Waals surface area contributed by atoms with Gasteiger partial charge in [0.15, 0.2) is 5.89 Å². The fourth-order valence-electron chi connectivity index (χ4n) is 2.11. The molecule has 0 saturated carbocycles. The highest BCUT2D eigenvalue weighted by molar-refractivity contribution is 5.50. The Bertz CT molecular complexity index is 461. The molecule has 0 radical (unpaired) electrons. The molecule has 0 fully saturated rings. The van der Waals surface area contributed by atoms with Crippen LogP contribution in [0.1, 0.15) is 51.3 Å². The van der Waals surface area contributed by atoms with Gasteiger partial charge in [0.2, 0.25) is 0 Å². The number of rotatable bonds is 6. The fraction of sp³-hybridized carbons (Fsp3) is 0.500. The monoisotopic (exact) mass is 245 g/mol. The van der Waals surface area contributed by atoms with Gasteiger partial charge >= 0.3 is 0 Å².